The van der Waals surface area contributed by atoms with Crippen molar-refractivity contribution in [3.05, 3.63) is 54.1 Å². The largest absolute Gasteiger partial charge is 0.491 e. The molecule has 0 bridgehead atoms. The molecule has 0 radical (unpaired) electrons. The maximum atomic E-state index is 12.4. The summed E-state index contributed by atoms with van der Waals surface area (Å²) in [5, 5.41) is 3.07. The number of nitrogens with one attached hydrogen (secondary N) is 1. The van der Waals surface area contributed by atoms with Gasteiger partial charge in [0.05, 0.1) is 31.9 Å². The Morgan fingerprint density at radius 3 is 2.30 bits per heavy atom. The Bertz CT molecular complexity index is 895. The van der Waals surface area contributed by atoms with Gasteiger partial charge in [0.15, 0.2) is 0 Å². The molecule has 7 heteroatoms. The second kappa shape index (κ2) is 10.8. The summed E-state index contributed by atoms with van der Waals surface area (Å²) in [7, 11) is 0. The first-order valence-electron chi connectivity index (χ1n) is 11.9. The molecule has 0 aliphatic carbocycles. The zero-order valence-corrected chi connectivity index (χ0v) is 19.8. The Labute approximate surface area is 196 Å². The van der Waals surface area contributed by atoms with E-state index in [0.717, 1.165) is 36.6 Å². The molecule has 33 heavy (non-hydrogen) atoms. The minimum atomic E-state index is -0.0704. The molecule has 1 N–H and O–H groups in total. The summed E-state index contributed by atoms with van der Waals surface area (Å²) >= 11 is 0. The molecule has 4 rings (SSSR count). The highest BCUT2D eigenvalue weighted by molar-refractivity contribution is 5.74. The lowest BCUT2D eigenvalue weighted by molar-refractivity contribution is 0.0526. The molecule has 2 amide bonds. The summed E-state index contributed by atoms with van der Waals surface area (Å²) < 4.78 is 17.3. The molecule has 2 heterocycles. The third-order valence-corrected chi connectivity index (χ3v) is 6.04. The van der Waals surface area contributed by atoms with Crippen molar-refractivity contribution in [3.8, 4) is 11.5 Å². The Morgan fingerprint density at radius 2 is 1.64 bits per heavy atom. The molecule has 2 aliphatic rings. The van der Waals surface area contributed by atoms with E-state index in [1.165, 1.54) is 5.69 Å². The number of carbonyl (C=O) groups is 1. The number of amides is 2. The van der Waals surface area contributed by atoms with Gasteiger partial charge in [-0.3, -0.25) is 0 Å². The summed E-state index contributed by atoms with van der Waals surface area (Å²) in [5.74, 6) is 1.76. The van der Waals surface area contributed by atoms with Crippen LogP contribution in [0.4, 0.5) is 10.5 Å². The fourth-order valence-electron chi connectivity index (χ4n) is 4.22. The Kier molecular flexibility index (Phi) is 7.60. The number of morpholine rings is 1. The van der Waals surface area contributed by atoms with Crippen LogP contribution in [0.25, 0.3) is 0 Å². The second-order valence-corrected chi connectivity index (χ2v) is 8.97. The minimum Gasteiger partial charge on any atom is -0.491 e. The number of rotatable bonds is 7. The molecular formula is C26H35N3O4. The van der Waals surface area contributed by atoms with Gasteiger partial charge in [-0.1, -0.05) is 12.1 Å². The van der Waals surface area contributed by atoms with Crippen molar-refractivity contribution >= 4 is 11.7 Å². The highest BCUT2D eigenvalue weighted by Crippen LogP contribution is 2.26. The summed E-state index contributed by atoms with van der Waals surface area (Å²) in [6, 6.07) is 16.2. The highest BCUT2D eigenvalue weighted by Gasteiger charge is 2.24. The SMILES string of the molecule is CC(C)Oc1ccc(N2CC[C@@H](Oc3ccc([C@H](C)NC(=O)N4CCOCC4)cc3)C2)cc1. The van der Waals surface area contributed by atoms with Gasteiger partial charge in [-0.05, 0) is 62.7 Å². The van der Waals surface area contributed by atoms with E-state index in [1.54, 1.807) is 4.90 Å². The normalized spacial score (nSPS) is 19.5. The van der Waals surface area contributed by atoms with Crippen LogP contribution in [0.3, 0.4) is 0 Å². The van der Waals surface area contributed by atoms with Gasteiger partial charge in [0, 0.05) is 31.7 Å². The molecule has 2 fully saturated rings. The van der Waals surface area contributed by atoms with Gasteiger partial charge in [-0.15, -0.1) is 0 Å². The van der Waals surface area contributed by atoms with Gasteiger partial charge in [0.2, 0.25) is 0 Å². The average Bonchev–Trinajstić information content (AvgIpc) is 3.28. The topological polar surface area (TPSA) is 63.3 Å². The molecule has 2 aromatic rings. The molecule has 2 aromatic carbocycles. The summed E-state index contributed by atoms with van der Waals surface area (Å²) in [5.41, 5.74) is 2.25. The lowest BCUT2D eigenvalue weighted by Crippen LogP contribution is -2.46. The first-order valence-corrected chi connectivity index (χ1v) is 11.9. The third-order valence-electron chi connectivity index (χ3n) is 6.04. The molecule has 0 saturated carbocycles. The summed E-state index contributed by atoms with van der Waals surface area (Å²) in [6.07, 6.45) is 1.31. The molecule has 0 spiro atoms. The van der Waals surface area contributed by atoms with Crippen molar-refractivity contribution < 1.29 is 19.0 Å². The monoisotopic (exact) mass is 453 g/mol. The molecule has 2 atom stereocenters. The predicted octanol–water partition coefficient (Wildman–Crippen LogP) is 4.23. The van der Waals surface area contributed by atoms with Crippen LogP contribution in [0.1, 0.15) is 38.8 Å². The van der Waals surface area contributed by atoms with E-state index in [1.807, 2.05) is 57.2 Å². The summed E-state index contributed by atoms with van der Waals surface area (Å²) in [4.78, 5) is 16.6. The van der Waals surface area contributed by atoms with E-state index >= 15 is 0 Å². The van der Waals surface area contributed by atoms with Crippen molar-refractivity contribution in [3.63, 3.8) is 0 Å². The van der Waals surface area contributed by atoms with E-state index in [-0.39, 0.29) is 24.3 Å². The fourth-order valence-corrected chi connectivity index (χ4v) is 4.22. The number of hydrogen-bond acceptors (Lipinski definition) is 5. The number of benzene rings is 2. The van der Waals surface area contributed by atoms with E-state index < -0.39 is 0 Å². The molecule has 0 unspecified atom stereocenters. The van der Waals surface area contributed by atoms with Crippen LogP contribution in [-0.2, 0) is 4.74 Å². The van der Waals surface area contributed by atoms with E-state index in [0.29, 0.717) is 26.3 Å². The number of ether oxygens (including phenoxy) is 3. The van der Waals surface area contributed by atoms with Crippen LogP contribution in [0.15, 0.2) is 48.5 Å². The predicted molar refractivity (Wildman–Crippen MR) is 129 cm³/mol. The van der Waals surface area contributed by atoms with Crippen LogP contribution < -0.4 is 19.7 Å². The van der Waals surface area contributed by atoms with Crippen molar-refractivity contribution in [1.82, 2.24) is 10.2 Å². The van der Waals surface area contributed by atoms with Gasteiger partial charge in [0.1, 0.15) is 17.6 Å². The van der Waals surface area contributed by atoms with Crippen LogP contribution in [0.5, 0.6) is 11.5 Å². The Hall–Kier alpha value is -2.93. The first-order chi connectivity index (χ1) is 16.0. The molecule has 2 aliphatic heterocycles. The van der Waals surface area contributed by atoms with Crippen LogP contribution in [0.2, 0.25) is 0 Å². The van der Waals surface area contributed by atoms with E-state index in [4.69, 9.17) is 14.2 Å². The number of carbonyl (C=O) groups excluding carboxylic acids is 1. The molecule has 0 aromatic heterocycles. The number of urea groups is 1. The number of nitrogens with zero attached hydrogens (tertiary/aromatic N) is 2. The maximum Gasteiger partial charge on any atom is 0.318 e. The zero-order valence-electron chi connectivity index (χ0n) is 19.8. The van der Waals surface area contributed by atoms with Gasteiger partial charge < -0.3 is 29.3 Å². The van der Waals surface area contributed by atoms with Crippen LogP contribution in [-0.4, -0.2) is 62.5 Å². The quantitative estimate of drug-likeness (QED) is 0.680. The Morgan fingerprint density at radius 1 is 0.970 bits per heavy atom. The van der Waals surface area contributed by atoms with Gasteiger partial charge in [0.25, 0.3) is 0 Å². The lowest BCUT2D eigenvalue weighted by Gasteiger charge is -2.28. The smallest absolute Gasteiger partial charge is 0.318 e. The summed E-state index contributed by atoms with van der Waals surface area (Å²) in [6.45, 7) is 10.4. The highest BCUT2D eigenvalue weighted by atomic mass is 16.5. The fraction of sp³-hybridized carbons (Fsp3) is 0.500. The minimum absolute atomic E-state index is 0.0408. The first kappa shape index (κ1) is 23.2. The van der Waals surface area contributed by atoms with Gasteiger partial charge >= 0.3 is 6.03 Å². The Balaban J connectivity index is 1.26. The maximum absolute atomic E-state index is 12.4. The molecule has 2 saturated heterocycles. The van der Waals surface area contributed by atoms with E-state index in [2.05, 4.69) is 22.3 Å². The van der Waals surface area contributed by atoms with Crippen molar-refractivity contribution in [2.45, 2.75) is 45.4 Å². The standard InChI is InChI=1S/C26H35N3O4/c1-19(2)32-23-10-6-22(7-11-23)29-13-12-25(18-29)33-24-8-4-21(5-9-24)20(3)27-26(30)28-14-16-31-17-15-28/h4-11,19-20,25H,12-18H2,1-3H3,(H,27,30)/t20-,25+/m0/s1. The molecule has 7 nitrogen and oxygen atoms in total. The number of hydrogen-bond donors (Lipinski definition) is 1. The van der Waals surface area contributed by atoms with Crippen molar-refractivity contribution in [2.75, 3.05) is 44.3 Å². The lowest BCUT2D eigenvalue weighted by atomic mass is 10.1. The van der Waals surface area contributed by atoms with Crippen molar-refractivity contribution in [2.24, 2.45) is 0 Å². The third kappa shape index (κ3) is 6.32. The van der Waals surface area contributed by atoms with Crippen LogP contribution >= 0.6 is 0 Å². The second-order valence-electron chi connectivity index (χ2n) is 8.97. The van der Waals surface area contributed by atoms with E-state index in [9.17, 15) is 4.79 Å². The van der Waals surface area contributed by atoms with Crippen molar-refractivity contribution in [1.29, 1.82) is 0 Å². The average molecular weight is 454 g/mol. The molecular weight excluding hydrogens is 418 g/mol. The van der Waals surface area contributed by atoms with Gasteiger partial charge in [-0.2, -0.15) is 0 Å². The van der Waals surface area contributed by atoms with Crippen LogP contribution in [0, 0.1) is 0 Å². The van der Waals surface area contributed by atoms with Gasteiger partial charge in [-0.25, -0.2) is 4.79 Å². The molecule has 178 valence electrons. The number of anilines is 1. The zero-order chi connectivity index (χ0) is 23.2.